The normalized spacial score (nSPS) is 11.0. The summed E-state index contributed by atoms with van der Waals surface area (Å²) in [6.07, 6.45) is 4.13. The lowest BCUT2D eigenvalue weighted by Crippen LogP contribution is -2.11. The summed E-state index contributed by atoms with van der Waals surface area (Å²) in [5, 5.41) is 14.8. The van der Waals surface area contributed by atoms with Crippen LogP contribution in [0.1, 0.15) is 21.8 Å². The third kappa shape index (κ3) is 4.53. The van der Waals surface area contributed by atoms with Crippen LogP contribution in [-0.2, 0) is 0 Å². The fourth-order valence-corrected chi connectivity index (χ4v) is 3.40. The summed E-state index contributed by atoms with van der Waals surface area (Å²) in [6, 6.07) is 11.7. The Hall–Kier alpha value is -2.45. The molecule has 2 aromatic heterocycles. The van der Waals surface area contributed by atoms with Crippen molar-refractivity contribution in [3.8, 4) is 0 Å². The lowest BCUT2D eigenvalue weighted by Gasteiger charge is -1.94. The van der Waals surface area contributed by atoms with Crippen molar-refractivity contribution in [2.24, 2.45) is 0 Å². The smallest absolute Gasteiger partial charge is 0.279 e. The van der Waals surface area contributed by atoms with Crippen LogP contribution >= 0.6 is 23.1 Å². The number of hydrogen-bond donors (Lipinski definition) is 1. The van der Waals surface area contributed by atoms with Gasteiger partial charge in [-0.05, 0) is 12.5 Å². The first-order valence-corrected chi connectivity index (χ1v) is 8.93. The second-order valence-corrected chi connectivity index (χ2v) is 7.02. The van der Waals surface area contributed by atoms with Crippen LogP contribution in [0.4, 0.5) is 5.13 Å². The van der Waals surface area contributed by atoms with Crippen LogP contribution < -0.4 is 5.32 Å². The van der Waals surface area contributed by atoms with E-state index in [2.05, 4.69) is 32.8 Å². The lowest BCUT2D eigenvalue weighted by molar-refractivity contribution is 0.101. The van der Waals surface area contributed by atoms with E-state index in [1.807, 2.05) is 30.3 Å². The number of hydrogen-bond acceptors (Lipinski definition) is 7. The summed E-state index contributed by atoms with van der Waals surface area (Å²) in [6.45, 7) is 1.73. The van der Waals surface area contributed by atoms with Gasteiger partial charge in [-0.3, -0.25) is 10.1 Å². The molecule has 0 saturated heterocycles. The Morgan fingerprint density at radius 3 is 2.92 bits per heavy atom. The van der Waals surface area contributed by atoms with E-state index in [4.69, 9.17) is 4.52 Å². The first-order valence-electron chi connectivity index (χ1n) is 7.13. The summed E-state index contributed by atoms with van der Waals surface area (Å²) < 4.78 is 5.67. The number of benzene rings is 1. The molecule has 0 spiro atoms. The minimum Gasteiger partial charge on any atom is -0.361 e. The maximum absolute atomic E-state index is 11.9. The van der Waals surface area contributed by atoms with Crippen molar-refractivity contribution >= 4 is 40.2 Å². The Morgan fingerprint density at radius 1 is 1.33 bits per heavy atom. The minimum absolute atomic E-state index is 0.225. The summed E-state index contributed by atoms with van der Waals surface area (Å²) in [7, 11) is 0. The molecule has 0 bridgehead atoms. The summed E-state index contributed by atoms with van der Waals surface area (Å²) in [4.78, 5) is 11.9. The highest BCUT2D eigenvalue weighted by Crippen LogP contribution is 2.26. The maximum Gasteiger partial charge on any atom is 0.279 e. The first kappa shape index (κ1) is 16.4. The lowest BCUT2D eigenvalue weighted by atomic mass is 10.2. The van der Waals surface area contributed by atoms with Gasteiger partial charge in [-0.1, -0.05) is 70.7 Å². The van der Waals surface area contributed by atoms with E-state index >= 15 is 0 Å². The summed E-state index contributed by atoms with van der Waals surface area (Å²) >= 11 is 2.89. The van der Waals surface area contributed by atoms with Crippen LogP contribution in [-0.4, -0.2) is 27.0 Å². The van der Waals surface area contributed by atoms with Crippen molar-refractivity contribution in [1.29, 1.82) is 0 Å². The Balaban J connectivity index is 1.50. The molecule has 0 saturated carbocycles. The van der Waals surface area contributed by atoms with Crippen LogP contribution in [0.25, 0.3) is 6.08 Å². The third-order valence-corrected chi connectivity index (χ3v) is 4.83. The number of anilines is 1. The second-order valence-electron chi connectivity index (χ2n) is 4.77. The number of aryl methyl sites for hydroxylation is 1. The van der Waals surface area contributed by atoms with E-state index in [1.165, 1.54) is 11.3 Å². The molecule has 0 aliphatic rings. The van der Waals surface area contributed by atoms with Gasteiger partial charge in [-0.25, -0.2) is 0 Å². The molecule has 0 aliphatic heterocycles. The first-order chi connectivity index (χ1) is 11.7. The standard InChI is InChI=1S/C16H14N4O2S2/c1-11-10-13(20-22-11)14(21)17-15-18-19-16(24-15)23-9-5-8-12-6-3-2-4-7-12/h2-8,10H,9H2,1H3,(H,17,18,21)/b8-5+. The van der Waals surface area contributed by atoms with Gasteiger partial charge in [0.1, 0.15) is 5.76 Å². The molecule has 8 heteroatoms. The number of amides is 1. The maximum atomic E-state index is 11.9. The van der Waals surface area contributed by atoms with Gasteiger partial charge >= 0.3 is 0 Å². The SMILES string of the molecule is Cc1cc(C(=O)Nc2nnc(SC/C=C/c3ccccc3)s2)no1. The number of nitrogens with one attached hydrogen (secondary N) is 1. The number of rotatable bonds is 6. The van der Waals surface area contributed by atoms with E-state index in [1.54, 1.807) is 24.8 Å². The molecular formula is C16H14N4O2S2. The number of aromatic nitrogens is 3. The molecule has 0 atom stereocenters. The van der Waals surface area contributed by atoms with Crippen molar-refractivity contribution in [1.82, 2.24) is 15.4 Å². The van der Waals surface area contributed by atoms with Crippen molar-refractivity contribution in [3.05, 3.63) is 59.5 Å². The van der Waals surface area contributed by atoms with E-state index in [-0.39, 0.29) is 11.6 Å². The molecular weight excluding hydrogens is 344 g/mol. The monoisotopic (exact) mass is 358 g/mol. The van der Waals surface area contributed by atoms with Gasteiger partial charge in [-0.2, -0.15) is 0 Å². The molecule has 0 aliphatic carbocycles. The molecule has 0 fully saturated rings. The zero-order chi connectivity index (χ0) is 16.8. The van der Waals surface area contributed by atoms with Crippen LogP contribution in [0.2, 0.25) is 0 Å². The number of thioether (sulfide) groups is 1. The predicted molar refractivity (Wildman–Crippen MR) is 95.3 cm³/mol. The molecule has 1 amide bonds. The van der Waals surface area contributed by atoms with Gasteiger partial charge in [0.15, 0.2) is 10.0 Å². The summed E-state index contributed by atoms with van der Waals surface area (Å²) in [5.74, 6) is 1.00. The Kier molecular flexibility index (Phi) is 5.39. The molecule has 1 N–H and O–H groups in total. The van der Waals surface area contributed by atoms with Crippen molar-refractivity contribution in [2.75, 3.05) is 11.1 Å². The predicted octanol–water partition coefficient (Wildman–Crippen LogP) is 3.89. The number of nitrogens with zero attached hydrogens (tertiary/aromatic N) is 3. The van der Waals surface area contributed by atoms with Crippen LogP contribution in [0.5, 0.6) is 0 Å². The zero-order valence-electron chi connectivity index (χ0n) is 12.8. The van der Waals surface area contributed by atoms with Gasteiger partial charge in [0.25, 0.3) is 5.91 Å². The Labute approximate surface area is 147 Å². The zero-order valence-corrected chi connectivity index (χ0v) is 14.4. The third-order valence-electron chi connectivity index (χ3n) is 2.90. The Bertz CT molecular complexity index is 843. The highest BCUT2D eigenvalue weighted by molar-refractivity contribution is 8.01. The van der Waals surface area contributed by atoms with Crippen LogP contribution in [0.3, 0.4) is 0 Å². The van der Waals surface area contributed by atoms with E-state index in [0.29, 0.717) is 10.9 Å². The van der Waals surface area contributed by atoms with Crippen molar-refractivity contribution in [2.45, 2.75) is 11.3 Å². The van der Waals surface area contributed by atoms with Gasteiger partial charge < -0.3 is 4.52 Å². The summed E-state index contributed by atoms with van der Waals surface area (Å²) in [5.41, 5.74) is 1.38. The second kappa shape index (κ2) is 7.89. The van der Waals surface area contributed by atoms with E-state index in [0.717, 1.165) is 15.7 Å². The van der Waals surface area contributed by atoms with Crippen molar-refractivity contribution in [3.63, 3.8) is 0 Å². The van der Waals surface area contributed by atoms with Gasteiger partial charge in [0.05, 0.1) is 0 Å². The van der Waals surface area contributed by atoms with Gasteiger partial charge in [-0.15, -0.1) is 10.2 Å². The van der Waals surface area contributed by atoms with Crippen LogP contribution in [0.15, 0.2) is 51.3 Å². The molecule has 0 radical (unpaired) electrons. The largest absolute Gasteiger partial charge is 0.361 e. The molecule has 24 heavy (non-hydrogen) atoms. The molecule has 122 valence electrons. The average Bonchev–Trinajstić information content (AvgIpc) is 3.22. The van der Waals surface area contributed by atoms with Crippen molar-refractivity contribution < 1.29 is 9.32 Å². The minimum atomic E-state index is -0.358. The molecule has 0 unspecified atom stereocenters. The van der Waals surface area contributed by atoms with E-state index < -0.39 is 0 Å². The van der Waals surface area contributed by atoms with E-state index in [9.17, 15) is 4.79 Å². The van der Waals surface area contributed by atoms with Gasteiger partial charge in [0.2, 0.25) is 5.13 Å². The topological polar surface area (TPSA) is 80.9 Å². The average molecular weight is 358 g/mol. The fraction of sp³-hybridized carbons (Fsp3) is 0.125. The van der Waals surface area contributed by atoms with Crippen LogP contribution in [0, 0.1) is 6.92 Å². The molecule has 2 heterocycles. The molecule has 6 nitrogen and oxygen atoms in total. The molecule has 3 aromatic rings. The highest BCUT2D eigenvalue weighted by atomic mass is 32.2. The fourth-order valence-electron chi connectivity index (χ4n) is 1.82. The number of carbonyl (C=O) groups is 1. The molecule has 1 aromatic carbocycles. The molecule has 3 rings (SSSR count). The quantitative estimate of drug-likeness (QED) is 0.532. The highest BCUT2D eigenvalue weighted by Gasteiger charge is 2.13. The van der Waals surface area contributed by atoms with Gasteiger partial charge in [0, 0.05) is 11.8 Å². The number of carbonyl (C=O) groups excluding carboxylic acids is 1. The Morgan fingerprint density at radius 2 is 2.17 bits per heavy atom.